The molecule has 0 amide bonds. The van der Waals surface area contributed by atoms with Crippen LogP contribution in [0.15, 0.2) is 29.3 Å². The minimum absolute atomic E-state index is 0.144. The lowest BCUT2D eigenvalue weighted by molar-refractivity contribution is 0.0169. The van der Waals surface area contributed by atoms with Crippen LogP contribution in [0.3, 0.4) is 0 Å². The number of benzene rings is 1. The van der Waals surface area contributed by atoms with Crippen molar-refractivity contribution in [2.45, 2.75) is 38.3 Å². The Morgan fingerprint density at radius 3 is 2.71 bits per heavy atom. The van der Waals surface area contributed by atoms with Crippen LogP contribution in [0.25, 0.3) is 0 Å². The zero-order valence-electron chi connectivity index (χ0n) is 17.0. The number of hydrogen-bond acceptors (Lipinski definition) is 4. The fourth-order valence-corrected chi connectivity index (χ4v) is 4.07. The van der Waals surface area contributed by atoms with Crippen molar-refractivity contribution in [3.05, 3.63) is 34.9 Å². The fraction of sp³-hybridized carbons (Fsp3) is 0.667. The molecule has 0 aliphatic carbocycles. The lowest BCUT2D eigenvalue weighted by atomic mass is 10.0. The Balaban J connectivity index is 1.70. The van der Waals surface area contributed by atoms with Gasteiger partial charge in [0, 0.05) is 37.8 Å². The van der Waals surface area contributed by atoms with Gasteiger partial charge < -0.3 is 20.1 Å². The van der Waals surface area contributed by atoms with E-state index in [1.54, 1.807) is 0 Å². The van der Waals surface area contributed by atoms with Crippen LogP contribution in [-0.4, -0.2) is 69.0 Å². The molecular formula is C21H33ClN4O2. The Kier molecular flexibility index (Phi) is 7.97. The van der Waals surface area contributed by atoms with E-state index in [1.807, 2.05) is 18.2 Å². The minimum atomic E-state index is -0.144. The van der Waals surface area contributed by atoms with Gasteiger partial charge in [0.2, 0.25) is 0 Å². The largest absolute Gasteiger partial charge is 0.379 e. The fourth-order valence-electron chi connectivity index (χ4n) is 3.81. The average molecular weight is 409 g/mol. The van der Waals surface area contributed by atoms with Crippen LogP contribution >= 0.6 is 11.6 Å². The van der Waals surface area contributed by atoms with Gasteiger partial charge in [0.15, 0.2) is 5.96 Å². The lowest BCUT2D eigenvalue weighted by Gasteiger charge is -2.35. The summed E-state index contributed by atoms with van der Waals surface area (Å²) < 4.78 is 11.4. The highest BCUT2D eigenvalue weighted by molar-refractivity contribution is 6.31. The summed E-state index contributed by atoms with van der Waals surface area (Å²) in [5.74, 6) is 0.824. The second-order valence-corrected chi connectivity index (χ2v) is 8.07. The summed E-state index contributed by atoms with van der Waals surface area (Å²) in [4.78, 5) is 7.23. The SMILES string of the molecule is CCNC(=NCC1(C)CCCO1)NCC(c1ccccc1Cl)N1CCOCC1. The van der Waals surface area contributed by atoms with Gasteiger partial charge in [0.25, 0.3) is 0 Å². The minimum Gasteiger partial charge on any atom is -0.379 e. The molecule has 0 spiro atoms. The Morgan fingerprint density at radius 2 is 2.04 bits per heavy atom. The zero-order valence-corrected chi connectivity index (χ0v) is 17.8. The molecule has 2 atom stereocenters. The van der Waals surface area contributed by atoms with Crippen molar-refractivity contribution in [3.63, 3.8) is 0 Å². The first-order chi connectivity index (χ1) is 13.6. The molecule has 0 saturated carbocycles. The summed E-state index contributed by atoms with van der Waals surface area (Å²) in [5, 5.41) is 7.68. The van der Waals surface area contributed by atoms with Crippen LogP contribution in [-0.2, 0) is 9.47 Å². The number of nitrogens with one attached hydrogen (secondary N) is 2. The first kappa shape index (κ1) is 21.4. The quantitative estimate of drug-likeness (QED) is 0.536. The Morgan fingerprint density at radius 1 is 1.25 bits per heavy atom. The molecule has 28 heavy (non-hydrogen) atoms. The smallest absolute Gasteiger partial charge is 0.191 e. The van der Waals surface area contributed by atoms with E-state index in [-0.39, 0.29) is 11.6 Å². The molecule has 2 unspecified atom stereocenters. The molecule has 7 heteroatoms. The first-order valence-electron chi connectivity index (χ1n) is 10.3. The van der Waals surface area contributed by atoms with Gasteiger partial charge >= 0.3 is 0 Å². The average Bonchev–Trinajstić information content (AvgIpc) is 3.15. The van der Waals surface area contributed by atoms with Crippen molar-refractivity contribution < 1.29 is 9.47 Å². The molecule has 0 radical (unpaired) electrons. The predicted octanol–water partition coefficient (Wildman–Crippen LogP) is 2.84. The molecule has 2 N–H and O–H groups in total. The molecule has 2 aliphatic heterocycles. The van der Waals surface area contributed by atoms with E-state index in [0.717, 1.165) is 75.4 Å². The topological polar surface area (TPSA) is 58.1 Å². The molecule has 3 rings (SSSR count). The Labute approximate surface area is 173 Å². The van der Waals surface area contributed by atoms with Crippen LogP contribution in [0.4, 0.5) is 0 Å². The van der Waals surface area contributed by atoms with Gasteiger partial charge in [-0.1, -0.05) is 29.8 Å². The van der Waals surface area contributed by atoms with Gasteiger partial charge in [-0.2, -0.15) is 0 Å². The third-order valence-corrected chi connectivity index (χ3v) is 5.77. The second kappa shape index (κ2) is 10.4. The molecule has 1 aromatic rings. The van der Waals surface area contributed by atoms with Gasteiger partial charge in [0.1, 0.15) is 0 Å². The number of nitrogens with zero attached hydrogens (tertiary/aromatic N) is 2. The number of guanidine groups is 1. The molecule has 0 aromatic heterocycles. The molecule has 2 fully saturated rings. The van der Waals surface area contributed by atoms with E-state index in [9.17, 15) is 0 Å². The summed E-state index contributed by atoms with van der Waals surface area (Å²) >= 11 is 6.53. The molecular weight excluding hydrogens is 376 g/mol. The summed E-state index contributed by atoms with van der Waals surface area (Å²) in [6, 6.07) is 8.26. The number of hydrogen-bond donors (Lipinski definition) is 2. The molecule has 2 heterocycles. The van der Waals surface area contributed by atoms with E-state index in [1.165, 1.54) is 0 Å². The monoisotopic (exact) mass is 408 g/mol. The van der Waals surface area contributed by atoms with Crippen molar-refractivity contribution >= 4 is 17.6 Å². The summed E-state index contributed by atoms with van der Waals surface area (Å²) in [5.41, 5.74) is 0.995. The highest BCUT2D eigenvalue weighted by atomic mass is 35.5. The molecule has 156 valence electrons. The number of aliphatic imine (C=N–C) groups is 1. The molecule has 1 aromatic carbocycles. The van der Waals surface area contributed by atoms with E-state index < -0.39 is 0 Å². The normalized spacial score (nSPS) is 24.9. The lowest BCUT2D eigenvalue weighted by Crippen LogP contribution is -2.46. The molecule has 2 saturated heterocycles. The van der Waals surface area contributed by atoms with Gasteiger partial charge in [-0.25, -0.2) is 0 Å². The first-order valence-corrected chi connectivity index (χ1v) is 10.7. The van der Waals surface area contributed by atoms with Crippen molar-refractivity contribution in [2.75, 3.05) is 52.5 Å². The van der Waals surface area contributed by atoms with Gasteiger partial charge in [-0.05, 0) is 38.3 Å². The van der Waals surface area contributed by atoms with E-state index in [4.69, 9.17) is 26.1 Å². The van der Waals surface area contributed by atoms with E-state index in [0.29, 0.717) is 6.54 Å². The molecule has 0 bridgehead atoms. The summed E-state index contributed by atoms with van der Waals surface area (Å²) in [6.45, 7) is 10.6. The Bertz CT molecular complexity index is 643. The van der Waals surface area contributed by atoms with Crippen LogP contribution in [0.2, 0.25) is 5.02 Å². The highest BCUT2D eigenvalue weighted by Gasteiger charge is 2.30. The highest BCUT2D eigenvalue weighted by Crippen LogP contribution is 2.28. The van der Waals surface area contributed by atoms with Gasteiger partial charge in [-0.3, -0.25) is 9.89 Å². The van der Waals surface area contributed by atoms with Gasteiger partial charge in [0.05, 0.1) is 31.4 Å². The second-order valence-electron chi connectivity index (χ2n) is 7.66. The third-order valence-electron chi connectivity index (χ3n) is 5.43. The van der Waals surface area contributed by atoms with E-state index >= 15 is 0 Å². The molecule has 6 nitrogen and oxygen atoms in total. The van der Waals surface area contributed by atoms with Crippen LogP contribution in [0.5, 0.6) is 0 Å². The maximum Gasteiger partial charge on any atom is 0.191 e. The van der Waals surface area contributed by atoms with Crippen LogP contribution in [0.1, 0.15) is 38.3 Å². The van der Waals surface area contributed by atoms with Crippen molar-refractivity contribution in [2.24, 2.45) is 4.99 Å². The third kappa shape index (κ3) is 5.83. The maximum absolute atomic E-state index is 6.53. The molecule has 2 aliphatic rings. The van der Waals surface area contributed by atoms with Crippen molar-refractivity contribution in [1.29, 1.82) is 0 Å². The predicted molar refractivity (Wildman–Crippen MR) is 114 cm³/mol. The standard InChI is InChI=1S/C21H33ClN4O2/c1-3-23-20(25-16-21(2)9-6-12-28-21)24-15-19(26-10-13-27-14-11-26)17-7-4-5-8-18(17)22/h4-5,7-8,19H,3,6,9-16H2,1-2H3,(H2,23,24,25). The number of halogens is 1. The summed E-state index contributed by atoms with van der Waals surface area (Å²) in [6.07, 6.45) is 2.17. The van der Waals surface area contributed by atoms with Crippen molar-refractivity contribution in [1.82, 2.24) is 15.5 Å². The van der Waals surface area contributed by atoms with E-state index in [2.05, 4.69) is 35.4 Å². The maximum atomic E-state index is 6.53. The van der Waals surface area contributed by atoms with Crippen LogP contribution < -0.4 is 10.6 Å². The zero-order chi connectivity index (χ0) is 19.8. The van der Waals surface area contributed by atoms with Crippen LogP contribution in [0, 0.1) is 0 Å². The van der Waals surface area contributed by atoms with Gasteiger partial charge in [-0.15, -0.1) is 0 Å². The number of morpholine rings is 1. The summed E-state index contributed by atoms with van der Waals surface area (Å²) in [7, 11) is 0. The number of rotatable bonds is 7. The Hall–Kier alpha value is -1.34. The number of ether oxygens (including phenoxy) is 2. The van der Waals surface area contributed by atoms with Crippen molar-refractivity contribution in [3.8, 4) is 0 Å².